The lowest BCUT2D eigenvalue weighted by Gasteiger charge is -2.34. The van der Waals surface area contributed by atoms with Gasteiger partial charge in [0.25, 0.3) is 0 Å². The van der Waals surface area contributed by atoms with Crippen molar-refractivity contribution in [2.75, 3.05) is 6.61 Å². The smallest absolute Gasteiger partial charge is 0.328 e. The number of aliphatic hydroxyl groups excluding tert-OH is 2. The van der Waals surface area contributed by atoms with Crippen LogP contribution in [-0.2, 0) is 4.79 Å². The van der Waals surface area contributed by atoms with Crippen molar-refractivity contribution in [3.63, 3.8) is 0 Å². The van der Waals surface area contributed by atoms with Crippen LogP contribution >= 0.6 is 0 Å². The minimum atomic E-state index is -1.94. The van der Waals surface area contributed by atoms with Crippen molar-refractivity contribution < 1.29 is 20.1 Å². The molecule has 2 aliphatic carbocycles. The molecule has 0 amide bonds. The zero-order chi connectivity index (χ0) is 11.9. The number of fused-ring (bicyclic) bond motifs is 2. The van der Waals surface area contributed by atoms with E-state index in [1.54, 1.807) is 0 Å². The van der Waals surface area contributed by atoms with Crippen LogP contribution < -0.4 is 5.73 Å². The van der Waals surface area contributed by atoms with Gasteiger partial charge in [0.1, 0.15) is 0 Å². The molecule has 2 aliphatic rings. The summed E-state index contributed by atoms with van der Waals surface area (Å²) in [5.74, 6) is -0.868. The molecule has 1 saturated carbocycles. The summed E-state index contributed by atoms with van der Waals surface area (Å²) >= 11 is 0. The molecule has 5 atom stereocenters. The molecule has 0 radical (unpaired) electrons. The van der Waals surface area contributed by atoms with E-state index in [2.05, 4.69) is 6.08 Å². The lowest BCUT2D eigenvalue weighted by atomic mass is 9.78. The molecular formula is C11H17NO4. The van der Waals surface area contributed by atoms with Crippen LogP contribution in [0.4, 0.5) is 0 Å². The minimum Gasteiger partial charge on any atom is -0.480 e. The van der Waals surface area contributed by atoms with Crippen LogP contribution in [0.25, 0.3) is 0 Å². The Morgan fingerprint density at radius 2 is 2.19 bits per heavy atom. The number of carboxylic acids is 1. The number of aliphatic hydroxyl groups is 2. The van der Waals surface area contributed by atoms with E-state index in [0.29, 0.717) is 5.92 Å². The number of nitrogens with two attached hydrogens (primary N) is 1. The van der Waals surface area contributed by atoms with Gasteiger partial charge in [-0.1, -0.05) is 12.2 Å². The molecule has 16 heavy (non-hydrogen) atoms. The third-order valence-corrected chi connectivity index (χ3v) is 3.92. The summed E-state index contributed by atoms with van der Waals surface area (Å²) in [4.78, 5) is 11.0. The number of hydrogen-bond donors (Lipinski definition) is 4. The topological polar surface area (TPSA) is 104 Å². The fraction of sp³-hybridized carbons (Fsp3) is 0.727. The summed E-state index contributed by atoms with van der Waals surface area (Å²) in [6, 6.07) is 0. The van der Waals surface area contributed by atoms with E-state index in [0.717, 1.165) is 12.8 Å². The zero-order valence-electron chi connectivity index (χ0n) is 8.91. The van der Waals surface area contributed by atoms with E-state index in [4.69, 9.17) is 15.9 Å². The third-order valence-electron chi connectivity index (χ3n) is 3.92. The Labute approximate surface area is 93.6 Å². The molecule has 0 saturated heterocycles. The summed E-state index contributed by atoms with van der Waals surface area (Å²) in [6.45, 7) is -0.749. The molecule has 5 heteroatoms. The Bertz CT molecular complexity index is 330. The summed E-state index contributed by atoms with van der Waals surface area (Å²) in [6.07, 6.45) is 4.64. The first-order valence-corrected chi connectivity index (χ1v) is 5.48. The normalized spacial score (nSPS) is 37.3. The third kappa shape index (κ3) is 1.55. The molecule has 0 aromatic carbocycles. The Morgan fingerprint density at radius 3 is 2.56 bits per heavy atom. The molecule has 0 spiro atoms. The molecule has 1 fully saturated rings. The van der Waals surface area contributed by atoms with Gasteiger partial charge < -0.3 is 21.1 Å². The quantitative estimate of drug-likeness (QED) is 0.477. The molecule has 2 bridgehead atoms. The molecule has 90 valence electrons. The number of rotatable bonds is 4. The van der Waals surface area contributed by atoms with Crippen molar-refractivity contribution in [2.45, 2.75) is 24.5 Å². The highest BCUT2D eigenvalue weighted by Gasteiger charge is 2.50. The molecule has 0 aromatic rings. The molecule has 5 N–H and O–H groups in total. The first-order valence-electron chi connectivity index (χ1n) is 5.48. The number of allylic oxidation sites excluding steroid dienone is 2. The van der Waals surface area contributed by atoms with Gasteiger partial charge in [-0.3, -0.25) is 4.79 Å². The lowest BCUT2D eigenvalue weighted by Crippen LogP contribution is -2.62. The highest BCUT2D eigenvalue weighted by atomic mass is 16.4. The average molecular weight is 227 g/mol. The predicted octanol–water partition coefficient (Wildman–Crippen LogP) is -0.666. The molecule has 0 aromatic heterocycles. The van der Waals surface area contributed by atoms with Gasteiger partial charge in [0.05, 0.1) is 12.7 Å². The van der Waals surface area contributed by atoms with Crippen molar-refractivity contribution in [1.82, 2.24) is 0 Å². The van der Waals surface area contributed by atoms with Crippen LogP contribution in [0.1, 0.15) is 12.8 Å². The van der Waals surface area contributed by atoms with Crippen molar-refractivity contribution in [2.24, 2.45) is 23.5 Å². The van der Waals surface area contributed by atoms with Gasteiger partial charge in [-0.15, -0.1) is 0 Å². The molecule has 2 rings (SSSR count). The van der Waals surface area contributed by atoms with Crippen molar-refractivity contribution in [1.29, 1.82) is 0 Å². The predicted molar refractivity (Wildman–Crippen MR) is 56.5 cm³/mol. The van der Waals surface area contributed by atoms with Gasteiger partial charge in [0.15, 0.2) is 5.54 Å². The maximum atomic E-state index is 11.0. The van der Waals surface area contributed by atoms with E-state index in [1.807, 2.05) is 6.08 Å². The van der Waals surface area contributed by atoms with Crippen molar-refractivity contribution in [3.8, 4) is 0 Å². The Balaban J connectivity index is 2.15. The van der Waals surface area contributed by atoms with E-state index in [9.17, 15) is 9.90 Å². The van der Waals surface area contributed by atoms with E-state index >= 15 is 0 Å². The van der Waals surface area contributed by atoms with Gasteiger partial charge in [-0.25, -0.2) is 0 Å². The number of hydrogen-bond acceptors (Lipinski definition) is 4. The molecule has 0 aliphatic heterocycles. The monoisotopic (exact) mass is 227 g/mol. The van der Waals surface area contributed by atoms with Gasteiger partial charge >= 0.3 is 5.97 Å². The number of aliphatic carboxylic acids is 1. The van der Waals surface area contributed by atoms with E-state index < -0.39 is 24.2 Å². The van der Waals surface area contributed by atoms with Crippen LogP contribution in [0.3, 0.4) is 0 Å². The number of carboxylic acid groups (broad SMARTS) is 1. The Kier molecular flexibility index (Phi) is 2.77. The Hall–Kier alpha value is -0.910. The molecule has 5 nitrogen and oxygen atoms in total. The maximum absolute atomic E-state index is 11.0. The van der Waals surface area contributed by atoms with Crippen LogP contribution in [0.5, 0.6) is 0 Å². The molecule has 3 unspecified atom stereocenters. The number of carbonyl (C=O) groups is 1. The fourth-order valence-corrected chi connectivity index (χ4v) is 2.86. The van der Waals surface area contributed by atoms with Crippen molar-refractivity contribution >= 4 is 5.97 Å². The van der Waals surface area contributed by atoms with Gasteiger partial charge in [-0.05, 0) is 30.6 Å². The highest BCUT2D eigenvalue weighted by molar-refractivity contribution is 5.79. The largest absolute Gasteiger partial charge is 0.480 e. The first kappa shape index (κ1) is 11.6. The first-order chi connectivity index (χ1) is 7.49. The highest BCUT2D eigenvalue weighted by Crippen LogP contribution is 2.46. The van der Waals surface area contributed by atoms with Crippen molar-refractivity contribution in [3.05, 3.63) is 12.2 Å². The Morgan fingerprint density at radius 1 is 1.50 bits per heavy atom. The van der Waals surface area contributed by atoms with Crippen LogP contribution in [0.15, 0.2) is 12.2 Å². The van der Waals surface area contributed by atoms with E-state index in [-0.39, 0.29) is 11.8 Å². The zero-order valence-corrected chi connectivity index (χ0v) is 8.91. The second-order valence-corrected chi connectivity index (χ2v) is 4.89. The fourth-order valence-electron chi connectivity index (χ4n) is 2.86. The van der Waals surface area contributed by atoms with Crippen LogP contribution in [0.2, 0.25) is 0 Å². The van der Waals surface area contributed by atoms with Gasteiger partial charge in [0.2, 0.25) is 0 Å². The second-order valence-electron chi connectivity index (χ2n) is 4.89. The standard InChI is InChI=1S/C11H17NO4/c12-11(5-13,10(15)16)9(14)8-4-6-1-2-7(8)3-6/h1-2,6-9,13-14H,3-5,12H2,(H,15,16)/t6?,7?,8?,9-,11-/m0/s1. The van der Waals surface area contributed by atoms with Gasteiger partial charge in [0, 0.05) is 0 Å². The SMILES string of the molecule is N[C@](CO)(C(=O)O)[C@@H](O)C1CC2C=CC1C2. The summed E-state index contributed by atoms with van der Waals surface area (Å²) in [5, 5.41) is 28.1. The summed E-state index contributed by atoms with van der Waals surface area (Å²) in [7, 11) is 0. The second kappa shape index (κ2) is 3.84. The lowest BCUT2D eigenvalue weighted by molar-refractivity contribution is -0.152. The maximum Gasteiger partial charge on any atom is 0.328 e. The average Bonchev–Trinajstić information content (AvgIpc) is 2.88. The van der Waals surface area contributed by atoms with Crippen LogP contribution in [0, 0.1) is 17.8 Å². The van der Waals surface area contributed by atoms with Crippen LogP contribution in [-0.4, -0.2) is 39.5 Å². The summed E-state index contributed by atoms with van der Waals surface area (Å²) < 4.78 is 0. The molecule has 0 heterocycles. The summed E-state index contributed by atoms with van der Waals surface area (Å²) in [5.41, 5.74) is 3.63. The molecular weight excluding hydrogens is 210 g/mol. The minimum absolute atomic E-state index is 0.150. The van der Waals surface area contributed by atoms with E-state index in [1.165, 1.54) is 0 Å². The van der Waals surface area contributed by atoms with Gasteiger partial charge in [-0.2, -0.15) is 0 Å².